The van der Waals surface area contributed by atoms with Crippen LogP contribution >= 0.6 is 0 Å². The van der Waals surface area contributed by atoms with Crippen molar-refractivity contribution in [3.8, 4) is 23.0 Å². The van der Waals surface area contributed by atoms with Crippen molar-refractivity contribution in [3.05, 3.63) is 59.7 Å². The van der Waals surface area contributed by atoms with Gasteiger partial charge in [-0.1, -0.05) is 12.1 Å². The number of hydrogen-bond acceptors (Lipinski definition) is 16. The molecule has 2 aromatic rings. The summed E-state index contributed by atoms with van der Waals surface area (Å²) in [5.74, 6) is -4.35. The van der Waals surface area contributed by atoms with Gasteiger partial charge in [0.05, 0.1) is 12.2 Å². The van der Waals surface area contributed by atoms with Gasteiger partial charge >= 0.3 is 11.9 Å². The maximum atomic E-state index is 12.3. The molecule has 18 heteroatoms. The smallest absolute Gasteiger partial charge is 0.331 e. The van der Waals surface area contributed by atoms with E-state index in [-0.39, 0.29) is 60.8 Å². The lowest BCUT2D eigenvalue weighted by Gasteiger charge is -2.40. The van der Waals surface area contributed by atoms with Crippen LogP contribution in [0.3, 0.4) is 0 Å². The second-order valence-corrected chi connectivity index (χ2v) is 14.6. The minimum Gasteiger partial charge on any atom is -0.504 e. The van der Waals surface area contributed by atoms with Crippen LogP contribution in [-0.2, 0) is 28.7 Å². The van der Waals surface area contributed by atoms with Gasteiger partial charge in [-0.2, -0.15) is 0 Å². The molecule has 4 saturated carbocycles. The third kappa shape index (κ3) is 11.0. The first-order valence-electron chi connectivity index (χ1n) is 18.0. The van der Waals surface area contributed by atoms with Gasteiger partial charge in [0.1, 0.15) is 35.6 Å². The van der Waals surface area contributed by atoms with E-state index in [9.17, 15) is 70.2 Å². The number of phenolic OH excluding ortho intramolecular Hbond substituents is 4. The molecule has 0 radical (unpaired) electrons. The zero-order valence-corrected chi connectivity index (χ0v) is 30.0. The van der Waals surface area contributed by atoms with Crippen LogP contribution in [0.5, 0.6) is 23.0 Å². The number of ether oxygens (including phenoxy) is 2. The van der Waals surface area contributed by atoms with Crippen LogP contribution in [0.4, 0.5) is 0 Å². The topological polar surface area (TPSA) is 313 Å². The highest BCUT2D eigenvalue weighted by Crippen LogP contribution is 2.34. The van der Waals surface area contributed by atoms with Gasteiger partial charge in [-0.15, -0.1) is 0 Å². The molecule has 8 atom stereocenters. The molecule has 0 heterocycles. The summed E-state index contributed by atoms with van der Waals surface area (Å²) in [5, 5.41) is 104. The zero-order chi connectivity index (χ0) is 40.9. The van der Waals surface area contributed by atoms with Crippen molar-refractivity contribution >= 4 is 35.9 Å². The van der Waals surface area contributed by atoms with Crippen LogP contribution in [0, 0.1) is 0 Å². The summed E-state index contributed by atoms with van der Waals surface area (Å²) >= 11 is 0. The lowest BCUT2D eigenvalue weighted by molar-refractivity contribution is -0.187. The van der Waals surface area contributed by atoms with Crippen LogP contribution in [0.2, 0.25) is 0 Å². The van der Waals surface area contributed by atoms with Crippen molar-refractivity contribution < 1.29 is 79.7 Å². The highest BCUT2D eigenvalue weighted by atomic mass is 16.6. The number of hydrogen-bond donors (Lipinski definition) is 12. The van der Waals surface area contributed by atoms with Gasteiger partial charge in [0.2, 0.25) is 0 Å². The molecule has 0 bridgehead atoms. The Morgan fingerprint density at radius 1 is 0.571 bits per heavy atom. The number of aromatic hydroxyl groups is 4. The highest BCUT2D eigenvalue weighted by Gasteiger charge is 2.52. The van der Waals surface area contributed by atoms with Gasteiger partial charge in [0, 0.05) is 49.9 Å². The van der Waals surface area contributed by atoms with Crippen molar-refractivity contribution in [2.75, 3.05) is 0 Å². The molecular formula is C38H46N2O16. The summed E-state index contributed by atoms with van der Waals surface area (Å²) in [5.41, 5.74) is -3.06. The van der Waals surface area contributed by atoms with E-state index in [1.54, 1.807) is 0 Å². The number of esters is 2. The Hall–Kier alpha value is -5.24. The molecule has 6 rings (SSSR count). The molecule has 56 heavy (non-hydrogen) atoms. The molecule has 0 spiro atoms. The van der Waals surface area contributed by atoms with Gasteiger partial charge in [-0.3, -0.25) is 9.59 Å². The summed E-state index contributed by atoms with van der Waals surface area (Å²) in [6.07, 6.45) is -1.71. The second-order valence-electron chi connectivity index (χ2n) is 14.6. The number of phenols is 4. The molecule has 0 unspecified atom stereocenters. The number of rotatable bonds is 10. The SMILES string of the molecule is O=C(/C=C/c1ccc(O)c(O)c1)O[C@@H]1C[C@@](O)(C(=O)NC2CC2)C[C@@H](O)[C@@H]1O.O=C(/C=C/c1ccc(O)c(O)c1)O[C@@H]1C[C@](O)(C(=O)NC2CC2)C[C@@H](O)[C@H]1O. The molecule has 2 amide bonds. The van der Waals surface area contributed by atoms with Crippen molar-refractivity contribution in [1.29, 1.82) is 0 Å². The molecule has 0 aromatic heterocycles. The number of aliphatic hydroxyl groups is 6. The zero-order valence-electron chi connectivity index (χ0n) is 30.0. The summed E-state index contributed by atoms with van der Waals surface area (Å²) < 4.78 is 10.3. The van der Waals surface area contributed by atoms with E-state index >= 15 is 0 Å². The van der Waals surface area contributed by atoms with Gasteiger partial charge in [-0.25, -0.2) is 9.59 Å². The lowest BCUT2D eigenvalue weighted by atomic mass is 9.79. The van der Waals surface area contributed by atoms with Crippen molar-refractivity contribution in [2.24, 2.45) is 0 Å². The summed E-state index contributed by atoms with van der Waals surface area (Å²) in [4.78, 5) is 48.7. The molecular weight excluding hydrogens is 740 g/mol. The average molecular weight is 787 g/mol. The fourth-order valence-electron chi connectivity index (χ4n) is 6.18. The third-order valence-corrected chi connectivity index (χ3v) is 9.75. The fourth-order valence-corrected chi connectivity index (χ4v) is 6.18. The Morgan fingerprint density at radius 3 is 1.25 bits per heavy atom. The molecule has 0 saturated heterocycles. The maximum absolute atomic E-state index is 12.3. The van der Waals surface area contributed by atoms with Crippen LogP contribution in [0.1, 0.15) is 62.5 Å². The summed E-state index contributed by atoms with van der Waals surface area (Å²) in [6.45, 7) is 0. The normalized spacial score (nSPS) is 30.2. The molecule has 4 fully saturated rings. The van der Waals surface area contributed by atoms with E-state index in [2.05, 4.69) is 10.6 Å². The van der Waals surface area contributed by atoms with Crippen LogP contribution in [0.15, 0.2) is 48.6 Å². The minimum absolute atomic E-state index is 0.00572. The lowest BCUT2D eigenvalue weighted by Crippen LogP contribution is -2.60. The Kier molecular flexibility index (Phi) is 12.9. The Balaban J connectivity index is 0.000000214. The van der Waals surface area contributed by atoms with E-state index in [0.717, 1.165) is 37.8 Å². The number of aliphatic hydroxyl groups excluding tert-OH is 4. The van der Waals surface area contributed by atoms with E-state index in [0.29, 0.717) is 11.1 Å². The predicted octanol–water partition coefficient (Wildman–Crippen LogP) is -0.904. The van der Waals surface area contributed by atoms with Gasteiger partial charge in [0.25, 0.3) is 11.8 Å². The molecule has 4 aliphatic carbocycles. The minimum atomic E-state index is -1.95. The Labute approximate surface area is 319 Å². The third-order valence-electron chi connectivity index (χ3n) is 9.75. The monoisotopic (exact) mass is 786 g/mol. The number of amides is 2. The quantitative estimate of drug-likeness (QED) is 0.0789. The molecule has 304 valence electrons. The predicted molar refractivity (Wildman–Crippen MR) is 192 cm³/mol. The number of carbonyl (C=O) groups excluding carboxylic acids is 4. The number of nitrogens with one attached hydrogen (secondary N) is 2. The maximum Gasteiger partial charge on any atom is 0.331 e. The largest absolute Gasteiger partial charge is 0.504 e. The van der Waals surface area contributed by atoms with E-state index in [1.165, 1.54) is 48.6 Å². The summed E-state index contributed by atoms with van der Waals surface area (Å²) in [6, 6.07) is 7.90. The van der Waals surface area contributed by atoms with Crippen LogP contribution in [-0.4, -0.2) is 135 Å². The van der Waals surface area contributed by atoms with Gasteiger partial charge in [-0.05, 0) is 73.2 Å². The van der Waals surface area contributed by atoms with Crippen LogP contribution < -0.4 is 10.6 Å². The summed E-state index contributed by atoms with van der Waals surface area (Å²) in [7, 11) is 0. The van der Waals surface area contributed by atoms with E-state index in [1.807, 2.05) is 0 Å². The van der Waals surface area contributed by atoms with Crippen LogP contribution in [0.25, 0.3) is 12.2 Å². The first-order chi connectivity index (χ1) is 26.4. The average Bonchev–Trinajstić information content (AvgIpc) is 4.08. The Morgan fingerprint density at radius 2 is 0.929 bits per heavy atom. The molecule has 0 aliphatic heterocycles. The molecule has 18 nitrogen and oxygen atoms in total. The van der Waals surface area contributed by atoms with E-state index < -0.39 is 71.6 Å². The van der Waals surface area contributed by atoms with Gasteiger partial charge < -0.3 is 71.2 Å². The first kappa shape index (κ1) is 41.9. The second kappa shape index (κ2) is 17.3. The number of benzene rings is 2. The first-order valence-corrected chi connectivity index (χ1v) is 18.0. The highest BCUT2D eigenvalue weighted by molar-refractivity contribution is 5.89. The molecule has 4 aliphatic rings. The van der Waals surface area contributed by atoms with Gasteiger partial charge in [0.15, 0.2) is 23.0 Å². The Bertz CT molecular complexity index is 1710. The molecule has 12 N–H and O–H groups in total. The van der Waals surface area contributed by atoms with Crippen molar-refractivity contribution in [1.82, 2.24) is 10.6 Å². The standard InChI is InChI=1S/2C19H23NO8/c2*21-12-5-1-10(7-13(12)22)2-6-16(24)28-15-9-19(27,8-14(23)17(15)25)18(26)20-11-3-4-11/h2*1-2,5-7,11,14-15,17,21-23,25,27H,3-4,8-9H2,(H,20,26)/b2*6-2+/t14-,15-,17+,19-;14-,15-,17-,19+/m11/s1. The van der Waals surface area contributed by atoms with Crippen molar-refractivity contribution in [2.45, 2.75) is 111 Å². The van der Waals surface area contributed by atoms with Crippen molar-refractivity contribution in [3.63, 3.8) is 0 Å². The number of carbonyl (C=O) groups is 4. The fraction of sp³-hybridized carbons (Fsp3) is 0.474. The molecule has 2 aromatic carbocycles. The van der Waals surface area contributed by atoms with E-state index in [4.69, 9.17) is 9.47 Å².